The topological polar surface area (TPSA) is 134 Å². The van der Waals surface area contributed by atoms with Crippen LogP contribution in [0.5, 0.6) is 11.5 Å². The second kappa shape index (κ2) is 7.75. The average Bonchev–Trinajstić information content (AvgIpc) is 3.15. The van der Waals surface area contributed by atoms with Crippen LogP contribution in [0.4, 0.5) is 0 Å². The minimum Gasteiger partial charge on any atom is -0.508 e. The van der Waals surface area contributed by atoms with Gasteiger partial charge in [0.1, 0.15) is 17.3 Å². The fourth-order valence-electron chi connectivity index (χ4n) is 2.65. The summed E-state index contributed by atoms with van der Waals surface area (Å²) in [6.45, 7) is 0.227. The minimum atomic E-state index is -4.04. The third-order valence-electron chi connectivity index (χ3n) is 4.05. The summed E-state index contributed by atoms with van der Waals surface area (Å²) in [6, 6.07) is 12.9. The van der Waals surface area contributed by atoms with E-state index in [1.165, 1.54) is 23.3 Å². The van der Waals surface area contributed by atoms with E-state index in [0.29, 0.717) is 5.76 Å². The molecule has 0 saturated heterocycles. The number of benzene rings is 2. The first kappa shape index (κ1) is 19.5. The first-order valence-corrected chi connectivity index (χ1v) is 9.74. The molecule has 28 heavy (non-hydrogen) atoms. The molecule has 0 spiro atoms. The lowest BCUT2D eigenvalue weighted by molar-refractivity contribution is 0.0714. The molecule has 2 aromatic carbocycles. The summed E-state index contributed by atoms with van der Waals surface area (Å²) in [4.78, 5) is 14.2. The summed E-state index contributed by atoms with van der Waals surface area (Å²) in [6.07, 6.45) is 1.47. The van der Waals surface area contributed by atoms with Crippen LogP contribution >= 0.6 is 0 Å². The van der Waals surface area contributed by atoms with Crippen LogP contribution in [0.25, 0.3) is 0 Å². The normalized spacial score (nSPS) is 11.3. The van der Waals surface area contributed by atoms with Crippen molar-refractivity contribution in [2.24, 2.45) is 5.14 Å². The molecular weight excluding hydrogens is 384 g/mol. The molecule has 0 bridgehead atoms. The number of carbonyl (C=O) groups is 1. The lowest BCUT2D eigenvalue weighted by Crippen LogP contribution is -2.30. The Hall–Kier alpha value is -3.30. The Labute approximate surface area is 161 Å². The number of rotatable bonds is 6. The fraction of sp³-hybridized carbons (Fsp3) is 0.105. The summed E-state index contributed by atoms with van der Waals surface area (Å²) >= 11 is 0. The highest BCUT2D eigenvalue weighted by molar-refractivity contribution is 7.89. The number of furan rings is 1. The van der Waals surface area contributed by atoms with Crippen molar-refractivity contribution in [3.05, 3.63) is 77.7 Å². The molecule has 8 nitrogen and oxygen atoms in total. The summed E-state index contributed by atoms with van der Waals surface area (Å²) in [7, 11) is -4.04. The van der Waals surface area contributed by atoms with Gasteiger partial charge in [0, 0.05) is 6.54 Å². The number of amides is 1. The number of phenols is 2. The summed E-state index contributed by atoms with van der Waals surface area (Å²) in [5.41, 5.74) is 0.525. The molecular formula is C19H18N2O6S. The molecule has 1 aromatic heterocycles. The Morgan fingerprint density at radius 1 is 1.04 bits per heavy atom. The summed E-state index contributed by atoms with van der Waals surface area (Å²) < 4.78 is 28.5. The van der Waals surface area contributed by atoms with Gasteiger partial charge in [0.05, 0.1) is 23.3 Å². The highest BCUT2D eigenvalue weighted by atomic mass is 32.2. The predicted molar refractivity (Wildman–Crippen MR) is 99.9 cm³/mol. The van der Waals surface area contributed by atoms with Gasteiger partial charge in [-0.2, -0.15) is 0 Å². The molecule has 1 amide bonds. The second-order valence-corrected chi connectivity index (χ2v) is 7.69. The van der Waals surface area contributed by atoms with Crippen LogP contribution in [0, 0.1) is 0 Å². The second-order valence-electron chi connectivity index (χ2n) is 6.13. The van der Waals surface area contributed by atoms with E-state index >= 15 is 0 Å². The molecule has 0 unspecified atom stereocenters. The van der Waals surface area contributed by atoms with Gasteiger partial charge in [-0.25, -0.2) is 13.6 Å². The van der Waals surface area contributed by atoms with Gasteiger partial charge in [-0.1, -0.05) is 12.1 Å². The van der Waals surface area contributed by atoms with E-state index in [2.05, 4.69) is 0 Å². The predicted octanol–water partition coefficient (Wildman–Crippen LogP) is 2.18. The van der Waals surface area contributed by atoms with Gasteiger partial charge in [-0.05, 0) is 48.0 Å². The zero-order chi connectivity index (χ0) is 20.3. The molecule has 0 aliphatic carbocycles. The van der Waals surface area contributed by atoms with Crippen LogP contribution in [0.3, 0.4) is 0 Å². The van der Waals surface area contributed by atoms with E-state index in [-0.39, 0.29) is 35.0 Å². The number of nitrogens with two attached hydrogens (primary N) is 1. The standard InChI is InChI=1S/C19H18N2O6S/c20-28(25,26)16-7-8-18(23)17(10-16)19(24)21(12-15-2-1-9-27-15)11-13-3-5-14(22)6-4-13/h1-10,22-23H,11-12H2,(H2,20,25,26). The Bertz CT molecular complexity index is 1080. The SMILES string of the molecule is NS(=O)(=O)c1ccc(O)c(C(=O)N(Cc2ccc(O)cc2)Cc2ccco2)c1. The first-order valence-electron chi connectivity index (χ1n) is 8.19. The first-order chi connectivity index (χ1) is 13.2. The number of phenolic OH excluding ortho intramolecular Hbond substituents is 2. The van der Waals surface area contributed by atoms with Gasteiger partial charge in [-0.3, -0.25) is 4.79 Å². The van der Waals surface area contributed by atoms with E-state index in [9.17, 15) is 23.4 Å². The highest BCUT2D eigenvalue weighted by Crippen LogP contribution is 2.24. The van der Waals surface area contributed by atoms with Crippen molar-refractivity contribution in [2.45, 2.75) is 18.0 Å². The van der Waals surface area contributed by atoms with Crippen LogP contribution < -0.4 is 5.14 Å². The summed E-state index contributed by atoms with van der Waals surface area (Å²) in [5.74, 6) is -0.375. The van der Waals surface area contributed by atoms with E-state index in [1.807, 2.05) is 0 Å². The quantitative estimate of drug-likeness (QED) is 0.578. The Morgan fingerprint density at radius 2 is 1.75 bits per heavy atom. The zero-order valence-electron chi connectivity index (χ0n) is 14.6. The Morgan fingerprint density at radius 3 is 2.36 bits per heavy atom. The van der Waals surface area contributed by atoms with Gasteiger partial charge in [0.25, 0.3) is 5.91 Å². The number of primary sulfonamides is 1. The molecule has 3 rings (SSSR count). The highest BCUT2D eigenvalue weighted by Gasteiger charge is 2.23. The molecule has 1 heterocycles. The van der Waals surface area contributed by atoms with Crippen molar-refractivity contribution in [3.63, 3.8) is 0 Å². The molecule has 4 N–H and O–H groups in total. The number of hydrogen-bond acceptors (Lipinski definition) is 6. The van der Waals surface area contributed by atoms with E-state index in [4.69, 9.17) is 9.56 Å². The molecule has 0 atom stereocenters. The molecule has 0 aliphatic heterocycles. The van der Waals surface area contributed by atoms with Crippen LogP contribution in [-0.4, -0.2) is 29.4 Å². The van der Waals surface area contributed by atoms with E-state index in [1.54, 1.807) is 24.3 Å². The third kappa shape index (κ3) is 4.51. The zero-order valence-corrected chi connectivity index (χ0v) is 15.5. The van der Waals surface area contributed by atoms with Gasteiger partial charge in [0.2, 0.25) is 10.0 Å². The van der Waals surface area contributed by atoms with Crippen LogP contribution in [0.1, 0.15) is 21.7 Å². The molecule has 9 heteroatoms. The van der Waals surface area contributed by atoms with Crippen molar-refractivity contribution in [1.82, 2.24) is 4.90 Å². The fourth-order valence-corrected chi connectivity index (χ4v) is 3.19. The maximum Gasteiger partial charge on any atom is 0.258 e. The van der Waals surface area contributed by atoms with Gasteiger partial charge < -0.3 is 19.5 Å². The monoisotopic (exact) mass is 402 g/mol. The third-order valence-corrected chi connectivity index (χ3v) is 4.96. The number of aromatic hydroxyl groups is 2. The van der Waals surface area contributed by atoms with Crippen LogP contribution in [0.15, 0.2) is 70.2 Å². The summed E-state index contributed by atoms with van der Waals surface area (Å²) in [5, 5.41) is 24.7. The molecule has 3 aromatic rings. The molecule has 0 aliphatic rings. The lowest BCUT2D eigenvalue weighted by Gasteiger charge is -2.22. The number of nitrogens with zero attached hydrogens (tertiary/aromatic N) is 1. The van der Waals surface area contributed by atoms with E-state index < -0.39 is 15.9 Å². The number of hydrogen-bond donors (Lipinski definition) is 3. The van der Waals surface area contributed by atoms with Gasteiger partial charge in [0.15, 0.2) is 0 Å². The molecule has 0 saturated carbocycles. The molecule has 0 radical (unpaired) electrons. The van der Waals surface area contributed by atoms with Gasteiger partial charge >= 0.3 is 0 Å². The van der Waals surface area contributed by atoms with Gasteiger partial charge in [-0.15, -0.1) is 0 Å². The van der Waals surface area contributed by atoms with E-state index in [0.717, 1.165) is 23.8 Å². The van der Waals surface area contributed by atoms with Crippen molar-refractivity contribution in [3.8, 4) is 11.5 Å². The van der Waals surface area contributed by atoms with Crippen molar-refractivity contribution in [1.29, 1.82) is 0 Å². The Kier molecular flexibility index (Phi) is 5.39. The number of sulfonamides is 1. The minimum absolute atomic E-state index is 0.0890. The maximum absolute atomic E-state index is 13.1. The molecule has 0 fully saturated rings. The Balaban J connectivity index is 1.97. The van der Waals surface area contributed by atoms with Crippen LogP contribution in [0.2, 0.25) is 0 Å². The van der Waals surface area contributed by atoms with Crippen molar-refractivity contribution >= 4 is 15.9 Å². The average molecular weight is 402 g/mol. The smallest absolute Gasteiger partial charge is 0.258 e. The maximum atomic E-state index is 13.1. The molecule has 146 valence electrons. The lowest BCUT2D eigenvalue weighted by atomic mass is 10.1. The van der Waals surface area contributed by atoms with Crippen molar-refractivity contribution in [2.75, 3.05) is 0 Å². The number of carbonyl (C=O) groups excluding carboxylic acids is 1. The van der Waals surface area contributed by atoms with Crippen LogP contribution in [-0.2, 0) is 23.1 Å². The largest absolute Gasteiger partial charge is 0.508 e. The van der Waals surface area contributed by atoms with Crippen molar-refractivity contribution < 1.29 is 27.8 Å².